The zero-order valence-electron chi connectivity index (χ0n) is 12.7. The third-order valence-corrected chi connectivity index (χ3v) is 4.14. The number of rotatable bonds is 5. The molecule has 0 saturated carbocycles. The van der Waals surface area contributed by atoms with E-state index in [4.69, 9.17) is 0 Å². The van der Waals surface area contributed by atoms with Crippen LogP contribution in [0.5, 0.6) is 0 Å². The molecule has 1 aromatic rings. The Labute approximate surface area is 136 Å². The van der Waals surface area contributed by atoms with Gasteiger partial charge in [0.2, 0.25) is 5.91 Å². The van der Waals surface area contributed by atoms with Gasteiger partial charge in [-0.15, -0.1) is 12.4 Å². The largest absolute Gasteiger partial charge is 0.352 e. The van der Waals surface area contributed by atoms with E-state index in [0.29, 0.717) is 23.8 Å². The molecule has 124 valence electrons. The molecule has 22 heavy (non-hydrogen) atoms. The Morgan fingerprint density at radius 3 is 2.86 bits per heavy atom. The number of halogens is 3. The molecule has 1 aliphatic heterocycles. The van der Waals surface area contributed by atoms with Gasteiger partial charge in [0.05, 0.1) is 0 Å². The van der Waals surface area contributed by atoms with Crippen molar-refractivity contribution >= 4 is 18.3 Å². The topological polar surface area (TPSA) is 41.1 Å². The van der Waals surface area contributed by atoms with Crippen LogP contribution in [0.2, 0.25) is 0 Å². The van der Waals surface area contributed by atoms with E-state index in [0.717, 1.165) is 32.0 Å². The molecule has 1 fully saturated rings. The van der Waals surface area contributed by atoms with Crippen molar-refractivity contribution in [1.29, 1.82) is 0 Å². The van der Waals surface area contributed by atoms with Crippen LogP contribution in [-0.2, 0) is 11.3 Å². The number of benzene rings is 1. The van der Waals surface area contributed by atoms with Crippen LogP contribution >= 0.6 is 12.4 Å². The number of nitrogens with one attached hydrogen (secondary N) is 2. The van der Waals surface area contributed by atoms with Gasteiger partial charge in [-0.1, -0.05) is 13.0 Å². The van der Waals surface area contributed by atoms with Gasteiger partial charge in [0.1, 0.15) is 11.6 Å². The van der Waals surface area contributed by atoms with E-state index in [9.17, 15) is 13.6 Å². The SMILES string of the molecule is CC(CC(=O)NCc1ccc(F)cc1F)C1CCCNC1.Cl. The molecule has 2 N–H and O–H groups in total. The van der Waals surface area contributed by atoms with Gasteiger partial charge in [-0.3, -0.25) is 4.79 Å². The molecule has 2 atom stereocenters. The predicted octanol–water partition coefficient (Wildman–Crippen LogP) is 3.03. The molecule has 3 nitrogen and oxygen atoms in total. The molecule has 0 aliphatic carbocycles. The van der Waals surface area contributed by atoms with Gasteiger partial charge in [0.15, 0.2) is 0 Å². The zero-order valence-corrected chi connectivity index (χ0v) is 13.5. The summed E-state index contributed by atoms with van der Waals surface area (Å²) in [6.45, 7) is 4.19. The molecule has 1 heterocycles. The Bertz CT molecular complexity index is 493. The fourth-order valence-corrected chi connectivity index (χ4v) is 2.75. The molecule has 1 saturated heterocycles. The highest BCUT2D eigenvalue weighted by atomic mass is 35.5. The molecular weight excluding hydrogens is 310 g/mol. The lowest BCUT2D eigenvalue weighted by Gasteiger charge is -2.28. The molecule has 2 rings (SSSR count). The summed E-state index contributed by atoms with van der Waals surface area (Å²) in [4.78, 5) is 11.9. The average Bonchev–Trinajstić information content (AvgIpc) is 2.47. The monoisotopic (exact) mass is 332 g/mol. The lowest BCUT2D eigenvalue weighted by molar-refractivity contribution is -0.122. The van der Waals surface area contributed by atoms with Crippen molar-refractivity contribution in [2.24, 2.45) is 11.8 Å². The van der Waals surface area contributed by atoms with Gasteiger partial charge in [-0.2, -0.15) is 0 Å². The van der Waals surface area contributed by atoms with Crippen LogP contribution in [-0.4, -0.2) is 19.0 Å². The molecule has 1 aromatic carbocycles. The first kappa shape index (κ1) is 18.8. The van der Waals surface area contributed by atoms with Gasteiger partial charge >= 0.3 is 0 Å². The summed E-state index contributed by atoms with van der Waals surface area (Å²) in [6, 6.07) is 3.39. The van der Waals surface area contributed by atoms with Crippen molar-refractivity contribution in [3.8, 4) is 0 Å². The van der Waals surface area contributed by atoms with Crippen LogP contribution < -0.4 is 10.6 Å². The second-order valence-electron chi connectivity index (χ2n) is 5.80. The predicted molar refractivity (Wildman–Crippen MR) is 84.8 cm³/mol. The smallest absolute Gasteiger partial charge is 0.220 e. The molecule has 0 spiro atoms. The fourth-order valence-electron chi connectivity index (χ4n) is 2.75. The van der Waals surface area contributed by atoms with Crippen molar-refractivity contribution < 1.29 is 13.6 Å². The molecule has 1 aliphatic rings. The summed E-state index contributed by atoms with van der Waals surface area (Å²) in [7, 11) is 0. The van der Waals surface area contributed by atoms with Crippen molar-refractivity contribution in [3.05, 3.63) is 35.4 Å². The number of carbonyl (C=O) groups is 1. The van der Waals surface area contributed by atoms with E-state index < -0.39 is 11.6 Å². The molecule has 0 aromatic heterocycles. The molecule has 0 bridgehead atoms. The highest BCUT2D eigenvalue weighted by Crippen LogP contribution is 2.22. The highest BCUT2D eigenvalue weighted by Gasteiger charge is 2.21. The summed E-state index contributed by atoms with van der Waals surface area (Å²) in [5.41, 5.74) is 0.303. The molecule has 6 heteroatoms. The van der Waals surface area contributed by atoms with E-state index in [2.05, 4.69) is 17.6 Å². The molecule has 2 unspecified atom stereocenters. The number of hydrogen-bond donors (Lipinski definition) is 2. The summed E-state index contributed by atoms with van der Waals surface area (Å²) in [5.74, 6) is -0.499. The van der Waals surface area contributed by atoms with Gasteiger partial charge < -0.3 is 10.6 Å². The van der Waals surface area contributed by atoms with Crippen LogP contribution in [0.1, 0.15) is 31.7 Å². The maximum Gasteiger partial charge on any atom is 0.220 e. The summed E-state index contributed by atoms with van der Waals surface area (Å²) >= 11 is 0. The van der Waals surface area contributed by atoms with E-state index >= 15 is 0 Å². The van der Waals surface area contributed by atoms with E-state index in [1.807, 2.05) is 0 Å². The second kappa shape index (κ2) is 9.06. The van der Waals surface area contributed by atoms with E-state index in [-0.39, 0.29) is 24.9 Å². The summed E-state index contributed by atoms with van der Waals surface area (Å²) in [5, 5.41) is 6.05. The van der Waals surface area contributed by atoms with Crippen LogP contribution in [0.3, 0.4) is 0 Å². The van der Waals surface area contributed by atoms with Crippen LogP contribution in [0, 0.1) is 23.5 Å². The maximum absolute atomic E-state index is 13.5. The van der Waals surface area contributed by atoms with Crippen LogP contribution in [0.15, 0.2) is 18.2 Å². The third kappa shape index (κ3) is 5.54. The molecular formula is C16H23ClF2N2O. The minimum Gasteiger partial charge on any atom is -0.352 e. The number of carbonyl (C=O) groups excluding carboxylic acids is 1. The van der Waals surface area contributed by atoms with Crippen molar-refractivity contribution in [2.45, 2.75) is 32.7 Å². The Balaban J connectivity index is 0.00000242. The molecule has 1 amide bonds. The quantitative estimate of drug-likeness (QED) is 0.870. The normalized spacial score (nSPS) is 19.1. The fraction of sp³-hybridized carbons (Fsp3) is 0.562. The first-order valence-corrected chi connectivity index (χ1v) is 7.47. The van der Waals surface area contributed by atoms with Gasteiger partial charge in [0, 0.05) is 24.6 Å². The van der Waals surface area contributed by atoms with E-state index in [1.165, 1.54) is 12.1 Å². The maximum atomic E-state index is 13.5. The molecule has 0 radical (unpaired) electrons. The van der Waals surface area contributed by atoms with Crippen LogP contribution in [0.4, 0.5) is 8.78 Å². The Morgan fingerprint density at radius 2 is 2.23 bits per heavy atom. The minimum absolute atomic E-state index is 0. The summed E-state index contributed by atoms with van der Waals surface area (Å²) in [6.07, 6.45) is 2.74. The number of hydrogen-bond acceptors (Lipinski definition) is 2. The standard InChI is InChI=1S/C16H22F2N2O.ClH/c1-11(12-3-2-6-19-9-12)7-16(21)20-10-13-4-5-14(17)8-15(13)18;/h4-5,8,11-12,19H,2-3,6-7,9-10H2,1H3,(H,20,21);1H. The highest BCUT2D eigenvalue weighted by molar-refractivity contribution is 5.85. The lowest BCUT2D eigenvalue weighted by atomic mass is 9.85. The van der Waals surface area contributed by atoms with E-state index in [1.54, 1.807) is 0 Å². The van der Waals surface area contributed by atoms with Gasteiger partial charge in [-0.25, -0.2) is 8.78 Å². The third-order valence-electron chi connectivity index (χ3n) is 4.14. The minimum atomic E-state index is -0.625. The first-order chi connectivity index (χ1) is 10.1. The van der Waals surface area contributed by atoms with Crippen molar-refractivity contribution in [3.63, 3.8) is 0 Å². The van der Waals surface area contributed by atoms with Crippen molar-refractivity contribution in [1.82, 2.24) is 10.6 Å². The van der Waals surface area contributed by atoms with Gasteiger partial charge in [0.25, 0.3) is 0 Å². The van der Waals surface area contributed by atoms with Gasteiger partial charge in [-0.05, 0) is 43.8 Å². The van der Waals surface area contributed by atoms with Crippen molar-refractivity contribution in [2.75, 3.05) is 13.1 Å². The lowest BCUT2D eigenvalue weighted by Crippen LogP contribution is -2.35. The first-order valence-electron chi connectivity index (χ1n) is 7.47. The average molecular weight is 333 g/mol. The Hall–Kier alpha value is -1.20. The summed E-state index contributed by atoms with van der Waals surface area (Å²) < 4.78 is 26.2. The number of amides is 1. The zero-order chi connectivity index (χ0) is 15.2. The Kier molecular flexibility index (Phi) is 7.76. The second-order valence-corrected chi connectivity index (χ2v) is 5.80. The van der Waals surface area contributed by atoms with Crippen LogP contribution in [0.25, 0.3) is 0 Å². The Morgan fingerprint density at radius 1 is 1.45 bits per heavy atom. The number of piperidine rings is 1.